The summed E-state index contributed by atoms with van der Waals surface area (Å²) in [6.07, 6.45) is 3.91. The molecule has 1 fully saturated rings. The van der Waals surface area contributed by atoms with Crippen molar-refractivity contribution in [1.82, 2.24) is 15.1 Å². The van der Waals surface area contributed by atoms with Gasteiger partial charge in [-0.15, -0.1) is 0 Å². The first kappa shape index (κ1) is 15.0. The van der Waals surface area contributed by atoms with Crippen LogP contribution >= 0.6 is 0 Å². The maximum Gasteiger partial charge on any atom is 0.311 e. The predicted molar refractivity (Wildman–Crippen MR) is 77.6 cm³/mol. The molecule has 5 heteroatoms. The first-order valence-electron chi connectivity index (χ1n) is 7.25. The summed E-state index contributed by atoms with van der Waals surface area (Å²) in [6.45, 7) is 11.4. The number of rotatable bonds is 3. The van der Waals surface area contributed by atoms with E-state index >= 15 is 0 Å². The van der Waals surface area contributed by atoms with Gasteiger partial charge in [0.05, 0.1) is 12.1 Å². The highest BCUT2D eigenvalue weighted by molar-refractivity contribution is 5.75. The van der Waals surface area contributed by atoms with Crippen LogP contribution in [0, 0.1) is 5.92 Å². The largest absolute Gasteiger partial charge is 0.460 e. The Morgan fingerprint density at radius 2 is 2.15 bits per heavy atom. The molecule has 1 aromatic heterocycles. The van der Waals surface area contributed by atoms with E-state index in [-0.39, 0.29) is 17.8 Å². The van der Waals surface area contributed by atoms with Gasteiger partial charge in [-0.05, 0) is 40.2 Å². The normalized spacial score (nSPS) is 23.3. The van der Waals surface area contributed by atoms with Crippen LogP contribution in [-0.4, -0.2) is 34.4 Å². The molecule has 112 valence electrons. The van der Waals surface area contributed by atoms with E-state index in [0.29, 0.717) is 12.6 Å². The lowest BCUT2D eigenvalue weighted by atomic mass is 9.91. The zero-order valence-corrected chi connectivity index (χ0v) is 13.0. The highest BCUT2D eigenvalue weighted by atomic mass is 16.6. The highest BCUT2D eigenvalue weighted by Gasteiger charge is 2.37. The van der Waals surface area contributed by atoms with Crippen LogP contribution in [0.1, 0.15) is 52.1 Å². The molecular formula is C15H25N3O2. The Balaban J connectivity index is 2.12. The second kappa shape index (κ2) is 5.56. The molecule has 20 heavy (non-hydrogen) atoms. The summed E-state index contributed by atoms with van der Waals surface area (Å²) in [4.78, 5) is 12.3. The maximum atomic E-state index is 12.3. The van der Waals surface area contributed by atoms with E-state index in [2.05, 4.69) is 24.3 Å². The van der Waals surface area contributed by atoms with Crippen LogP contribution in [0.5, 0.6) is 0 Å². The summed E-state index contributed by atoms with van der Waals surface area (Å²) in [6, 6.07) is 0.332. The van der Waals surface area contributed by atoms with Crippen molar-refractivity contribution in [3.05, 3.63) is 18.0 Å². The van der Waals surface area contributed by atoms with Gasteiger partial charge in [-0.1, -0.05) is 0 Å². The zero-order valence-electron chi connectivity index (χ0n) is 13.0. The molecule has 1 aliphatic rings. The van der Waals surface area contributed by atoms with Gasteiger partial charge < -0.3 is 10.1 Å². The van der Waals surface area contributed by atoms with E-state index in [1.807, 2.05) is 37.8 Å². The minimum Gasteiger partial charge on any atom is -0.460 e. The quantitative estimate of drug-likeness (QED) is 0.861. The number of esters is 1. The van der Waals surface area contributed by atoms with E-state index < -0.39 is 5.60 Å². The van der Waals surface area contributed by atoms with Crippen molar-refractivity contribution in [2.75, 3.05) is 13.1 Å². The Kier molecular flexibility index (Phi) is 4.18. The number of nitrogens with one attached hydrogen (secondary N) is 1. The molecule has 2 rings (SSSR count). The van der Waals surface area contributed by atoms with E-state index in [4.69, 9.17) is 4.74 Å². The van der Waals surface area contributed by atoms with E-state index in [1.54, 1.807) is 0 Å². The monoisotopic (exact) mass is 279 g/mol. The number of carbonyl (C=O) groups excluding carboxylic acids is 1. The third-order valence-corrected chi connectivity index (χ3v) is 3.50. The lowest BCUT2D eigenvalue weighted by Crippen LogP contribution is -2.31. The molecule has 0 bridgehead atoms. The van der Waals surface area contributed by atoms with Crippen LogP contribution in [0.15, 0.2) is 12.4 Å². The fourth-order valence-corrected chi connectivity index (χ4v) is 2.48. The van der Waals surface area contributed by atoms with Crippen molar-refractivity contribution in [1.29, 1.82) is 0 Å². The Hall–Kier alpha value is -1.36. The number of carbonyl (C=O) groups is 1. The minimum absolute atomic E-state index is 0.121. The summed E-state index contributed by atoms with van der Waals surface area (Å²) in [5.41, 5.74) is 0.673. The molecule has 1 saturated heterocycles. The number of nitrogens with zero attached hydrogens (tertiary/aromatic N) is 2. The third kappa shape index (κ3) is 3.39. The van der Waals surface area contributed by atoms with Crippen molar-refractivity contribution in [2.24, 2.45) is 5.92 Å². The summed E-state index contributed by atoms with van der Waals surface area (Å²) in [7, 11) is 0. The van der Waals surface area contributed by atoms with Crippen LogP contribution in [0.2, 0.25) is 0 Å². The molecule has 2 heterocycles. The number of hydrogen-bond acceptors (Lipinski definition) is 4. The van der Waals surface area contributed by atoms with Gasteiger partial charge in [0.2, 0.25) is 0 Å². The Labute approximate surface area is 120 Å². The molecule has 0 spiro atoms. The van der Waals surface area contributed by atoms with Gasteiger partial charge in [0.1, 0.15) is 5.60 Å². The molecule has 2 atom stereocenters. The van der Waals surface area contributed by atoms with E-state index in [9.17, 15) is 4.79 Å². The maximum absolute atomic E-state index is 12.3. The average Bonchev–Trinajstić information content (AvgIpc) is 2.95. The molecule has 1 aromatic rings. The van der Waals surface area contributed by atoms with Gasteiger partial charge in [0.25, 0.3) is 0 Å². The molecule has 1 aliphatic heterocycles. The van der Waals surface area contributed by atoms with Crippen LogP contribution in [0.3, 0.4) is 0 Å². The van der Waals surface area contributed by atoms with Crippen molar-refractivity contribution in [2.45, 2.75) is 52.2 Å². The Bertz CT molecular complexity index is 474. The van der Waals surface area contributed by atoms with Crippen LogP contribution in [0.25, 0.3) is 0 Å². The second-order valence-electron chi connectivity index (χ2n) is 6.75. The topological polar surface area (TPSA) is 56.2 Å². The van der Waals surface area contributed by atoms with Crippen LogP contribution < -0.4 is 5.32 Å². The van der Waals surface area contributed by atoms with Crippen molar-refractivity contribution in [3.63, 3.8) is 0 Å². The second-order valence-corrected chi connectivity index (χ2v) is 6.75. The van der Waals surface area contributed by atoms with Gasteiger partial charge in [0.15, 0.2) is 0 Å². The fourth-order valence-electron chi connectivity index (χ4n) is 2.48. The molecular weight excluding hydrogens is 254 g/mol. The van der Waals surface area contributed by atoms with Gasteiger partial charge in [0, 0.05) is 31.2 Å². The highest BCUT2D eigenvalue weighted by Crippen LogP contribution is 2.30. The Morgan fingerprint density at radius 3 is 2.70 bits per heavy atom. The average molecular weight is 279 g/mol. The smallest absolute Gasteiger partial charge is 0.311 e. The first-order valence-corrected chi connectivity index (χ1v) is 7.25. The van der Waals surface area contributed by atoms with Gasteiger partial charge in [-0.25, -0.2) is 0 Å². The summed E-state index contributed by atoms with van der Waals surface area (Å²) in [5.74, 6) is -0.0961. The molecule has 0 aromatic carbocycles. The van der Waals surface area contributed by atoms with Crippen molar-refractivity contribution < 1.29 is 9.53 Å². The molecule has 0 amide bonds. The molecule has 0 radical (unpaired) electrons. The summed E-state index contributed by atoms with van der Waals surface area (Å²) in [5, 5.41) is 7.65. The standard InChI is InChI=1S/C15H25N3O2/c1-10(2)18-9-11(6-17-18)12-7-16-8-13(12)14(19)20-15(3,4)5/h6,9-10,12-13,16H,7-8H2,1-5H3. The van der Waals surface area contributed by atoms with Crippen molar-refractivity contribution >= 4 is 5.97 Å². The summed E-state index contributed by atoms with van der Waals surface area (Å²) >= 11 is 0. The first-order chi connectivity index (χ1) is 9.28. The van der Waals surface area contributed by atoms with Gasteiger partial charge in [-0.2, -0.15) is 5.10 Å². The number of ether oxygens (including phenoxy) is 1. The Morgan fingerprint density at radius 1 is 1.45 bits per heavy atom. The molecule has 0 saturated carbocycles. The van der Waals surface area contributed by atoms with E-state index in [0.717, 1.165) is 12.1 Å². The number of aromatic nitrogens is 2. The molecule has 0 aliphatic carbocycles. The minimum atomic E-state index is -0.438. The van der Waals surface area contributed by atoms with E-state index in [1.165, 1.54) is 0 Å². The lowest BCUT2D eigenvalue weighted by molar-refractivity contribution is -0.159. The fraction of sp³-hybridized carbons (Fsp3) is 0.733. The van der Waals surface area contributed by atoms with Crippen LogP contribution in [-0.2, 0) is 9.53 Å². The zero-order chi connectivity index (χ0) is 14.9. The SMILES string of the molecule is CC(C)n1cc(C2CNCC2C(=O)OC(C)(C)C)cn1. The van der Waals surface area contributed by atoms with Gasteiger partial charge in [-0.3, -0.25) is 9.48 Å². The third-order valence-electron chi connectivity index (χ3n) is 3.50. The van der Waals surface area contributed by atoms with Crippen molar-refractivity contribution in [3.8, 4) is 0 Å². The van der Waals surface area contributed by atoms with Crippen LogP contribution in [0.4, 0.5) is 0 Å². The molecule has 1 N–H and O–H groups in total. The molecule has 2 unspecified atom stereocenters. The van der Waals surface area contributed by atoms with Gasteiger partial charge >= 0.3 is 5.97 Å². The predicted octanol–water partition coefficient (Wildman–Crippen LogP) is 2.11. The summed E-state index contributed by atoms with van der Waals surface area (Å²) < 4.78 is 7.45. The number of hydrogen-bond donors (Lipinski definition) is 1. The molecule has 5 nitrogen and oxygen atoms in total. The lowest BCUT2D eigenvalue weighted by Gasteiger charge is -2.24.